The first-order valence-corrected chi connectivity index (χ1v) is 11.1. The Kier molecular flexibility index (Phi) is 6.06. The quantitative estimate of drug-likeness (QED) is 0.320. The molecule has 0 radical (unpaired) electrons. The monoisotopic (exact) mass is 490 g/mol. The largest absolute Gasteiger partial charge is 0.506 e. The fourth-order valence-corrected chi connectivity index (χ4v) is 4.09. The van der Waals surface area contributed by atoms with E-state index in [-0.39, 0.29) is 34.7 Å². The first-order chi connectivity index (χ1) is 17.0. The number of halogens is 1. The Labute approximate surface area is 204 Å². The van der Waals surface area contributed by atoms with Gasteiger partial charge in [-0.05, 0) is 52.9 Å². The standard InChI is InChI=1S/C23H19ClN8O3/c24-16-5-1-12(7-20(16)33)10-25-22(34)18-9-19(27-11-26-18)23(35)28-17-6-3-13-8-14(2-4-15(13)17)21-29-31-32-30-21/h1-2,4-5,7-9,11,17,33H,3,6,10H2,(H,25,34)(H,28,35)(H,29,30,31,32)/t17-/m0/s1. The molecule has 0 aliphatic heterocycles. The van der Waals surface area contributed by atoms with E-state index in [4.69, 9.17) is 11.6 Å². The number of benzene rings is 2. The summed E-state index contributed by atoms with van der Waals surface area (Å²) in [4.78, 5) is 33.4. The molecule has 2 amide bonds. The lowest BCUT2D eigenvalue weighted by molar-refractivity contribution is 0.0931. The van der Waals surface area contributed by atoms with Crippen LogP contribution in [-0.4, -0.2) is 47.5 Å². The summed E-state index contributed by atoms with van der Waals surface area (Å²) in [5.74, 6) is -0.431. The molecule has 4 aromatic rings. The number of aromatic hydroxyl groups is 1. The summed E-state index contributed by atoms with van der Waals surface area (Å²) in [5, 5.41) is 29.6. The Morgan fingerprint density at radius 1 is 1.09 bits per heavy atom. The summed E-state index contributed by atoms with van der Waals surface area (Å²) in [5.41, 5.74) is 3.78. The molecule has 0 fully saturated rings. The van der Waals surface area contributed by atoms with Crippen LogP contribution in [-0.2, 0) is 13.0 Å². The third kappa shape index (κ3) is 4.80. The van der Waals surface area contributed by atoms with Crippen LogP contribution in [0.15, 0.2) is 48.8 Å². The van der Waals surface area contributed by atoms with E-state index < -0.39 is 11.8 Å². The van der Waals surface area contributed by atoms with Crippen LogP contribution in [0.4, 0.5) is 0 Å². The van der Waals surface area contributed by atoms with Crippen LogP contribution in [0.25, 0.3) is 11.4 Å². The number of aryl methyl sites for hydroxylation is 1. The van der Waals surface area contributed by atoms with E-state index in [0.717, 1.165) is 29.5 Å². The number of carbonyl (C=O) groups is 2. The van der Waals surface area contributed by atoms with Crippen molar-refractivity contribution < 1.29 is 14.7 Å². The fraction of sp³-hybridized carbons (Fsp3) is 0.174. The number of H-pyrrole nitrogens is 1. The maximum Gasteiger partial charge on any atom is 0.270 e. The number of aromatic nitrogens is 6. The number of tetrazole rings is 1. The molecular formula is C23H19ClN8O3. The highest BCUT2D eigenvalue weighted by atomic mass is 35.5. The van der Waals surface area contributed by atoms with Crippen LogP contribution in [0.3, 0.4) is 0 Å². The minimum Gasteiger partial charge on any atom is -0.506 e. The van der Waals surface area contributed by atoms with Crippen LogP contribution < -0.4 is 10.6 Å². The number of fused-ring (bicyclic) bond motifs is 1. The molecule has 4 N–H and O–H groups in total. The molecule has 11 nitrogen and oxygen atoms in total. The third-order valence-electron chi connectivity index (χ3n) is 5.73. The summed E-state index contributed by atoms with van der Waals surface area (Å²) in [6, 6.07) is 11.7. The second kappa shape index (κ2) is 9.47. The summed E-state index contributed by atoms with van der Waals surface area (Å²) >= 11 is 5.80. The van der Waals surface area contributed by atoms with Gasteiger partial charge in [0.05, 0.1) is 11.1 Å². The molecule has 0 saturated heterocycles. The third-order valence-corrected chi connectivity index (χ3v) is 6.05. The molecule has 1 atom stereocenters. The first kappa shape index (κ1) is 22.4. The number of carbonyl (C=O) groups excluding carboxylic acids is 2. The molecule has 35 heavy (non-hydrogen) atoms. The number of phenols is 1. The molecule has 0 unspecified atom stereocenters. The molecule has 0 saturated carbocycles. The van der Waals surface area contributed by atoms with Gasteiger partial charge in [0.2, 0.25) is 5.82 Å². The van der Waals surface area contributed by atoms with Crippen LogP contribution >= 0.6 is 11.6 Å². The Balaban J connectivity index is 1.24. The van der Waals surface area contributed by atoms with Crippen molar-refractivity contribution >= 4 is 23.4 Å². The lowest BCUT2D eigenvalue weighted by Gasteiger charge is -2.14. The van der Waals surface area contributed by atoms with E-state index in [1.54, 1.807) is 12.1 Å². The van der Waals surface area contributed by atoms with Gasteiger partial charge >= 0.3 is 0 Å². The summed E-state index contributed by atoms with van der Waals surface area (Å²) in [6.07, 6.45) is 2.71. The van der Waals surface area contributed by atoms with E-state index >= 15 is 0 Å². The number of phenolic OH excluding ortho intramolecular Hbond substituents is 1. The van der Waals surface area contributed by atoms with Gasteiger partial charge in [-0.1, -0.05) is 29.8 Å². The van der Waals surface area contributed by atoms with Crippen molar-refractivity contribution in [3.63, 3.8) is 0 Å². The number of rotatable bonds is 6. The minimum absolute atomic E-state index is 0.0555. The number of nitrogens with one attached hydrogen (secondary N) is 3. The molecule has 2 aromatic heterocycles. The fourth-order valence-electron chi connectivity index (χ4n) is 3.97. The van der Waals surface area contributed by atoms with Gasteiger partial charge in [0.25, 0.3) is 11.8 Å². The molecule has 1 aliphatic rings. The number of amides is 2. The maximum atomic E-state index is 12.9. The van der Waals surface area contributed by atoms with Crippen LogP contribution in [0.2, 0.25) is 5.02 Å². The average molecular weight is 491 g/mol. The molecule has 176 valence electrons. The Hall–Kier alpha value is -4.38. The van der Waals surface area contributed by atoms with Crippen LogP contribution in [0.5, 0.6) is 5.75 Å². The summed E-state index contributed by atoms with van der Waals surface area (Å²) < 4.78 is 0. The predicted octanol–water partition coefficient (Wildman–Crippen LogP) is 2.36. The molecule has 12 heteroatoms. The topological polar surface area (TPSA) is 159 Å². The van der Waals surface area contributed by atoms with Gasteiger partial charge in [-0.25, -0.2) is 9.97 Å². The van der Waals surface area contributed by atoms with Gasteiger partial charge in [-0.2, -0.15) is 5.21 Å². The Morgan fingerprint density at radius 3 is 2.69 bits per heavy atom. The van der Waals surface area contributed by atoms with E-state index in [2.05, 4.69) is 41.2 Å². The zero-order valence-electron chi connectivity index (χ0n) is 18.2. The Morgan fingerprint density at radius 2 is 1.91 bits per heavy atom. The van der Waals surface area contributed by atoms with Crippen molar-refractivity contribution in [3.8, 4) is 17.1 Å². The van der Waals surface area contributed by atoms with Crippen LogP contribution in [0, 0.1) is 0 Å². The molecule has 5 rings (SSSR count). The lowest BCUT2D eigenvalue weighted by Crippen LogP contribution is -2.29. The van der Waals surface area contributed by atoms with E-state index in [1.807, 2.05) is 18.2 Å². The lowest BCUT2D eigenvalue weighted by atomic mass is 10.0. The molecule has 1 aliphatic carbocycles. The van der Waals surface area contributed by atoms with Gasteiger partial charge < -0.3 is 15.7 Å². The number of hydrogen-bond donors (Lipinski definition) is 4. The molecular weight excluding hydrogens is 472 g/mol. The minimum atomic E-state index is -0.476. The van der Waals surface area contributed by atoms with E-state index in [0.29, 0.717) is 11.4 Å². The molecule has 0 bridgehead atoms. The smallest absolute Gasteiger partial charge is 0.270 e. The molecule has 2 heterocycles. The van der Waals surface area contributed by atoms with Crippen molar-refractivity contribution in [2.45, 2.75) is 25.4 Å². The maximum absolute atomic E-state index is 12.9. The van der Waals surface area contributed by atoms with Crippen molar-refractivity contribution in [3.05, 3.63) is 81.9 Å². The van der Waals surface area contributed by atoms with E-state index in [1.165, 1.54) is 18.5 Å². The van der Waals surface area contributed by atoms with Crippen molar-refractivity contribution in [2.75, 3.05) is 0 Å². The molecule has 2 aromatic carbocycles. The second-order valence-electron chi connectivity index (χ2n) is 7.97. The number of aromatic amines is 1. The summed E-state index contributed by atoms with van der Waals surface area (Å²) in [6.45, 7) is 0.153. The second-order valence-corrected chi connectivity index (χ2v) is 8.38. The van der Waals surface area contributed by atoms with E-state index in [9.17, 15) is 14.7 Å². The predicted molar refractivity (Wildman–Crippen MR) is 124 cm³/mol. The highest BCUT2D eigenvalue weighted by Gasteiger charge is 2.26. The van der Waals surface area contributed by atoms with Crippen molar-refractivity contribution in [2.24, 2.45) is 0 Å². The van der Waals surface area contributed by atoms with Gasteiger partial charge in [0, 0.05) is 18.2 Å². The zero-order chi connectivity index (χ0) is 24.4. The average Bonchev–Trinajstić information content (AvgIpc) is 3.55. The first-order valence-electron chi connectivity index (χ1n) is 10.7. The number of nitrogens with zero attached hydrogens (tertiary/aromatic N) is 5. The van der Waals surface area contributed by atoms with Crippen LogP contribution in [0.1, 0.15) is 50.1 Å². The van der Waals surface area contributed by atoms with Crippen molar-refractivity contribution in [1.82, 2.24) is 41.2 Å². The normalized spacial score (nSPS) is 14.4. The molecule has 0 spiro atoms. The number of hydrogen-bond acceptors (Lipinski definition) is 8. The highest BCUT2D eigenvalue weighted by Crippen LogP contribution is 2.33. The van der Waals surface area contributed by atoms with Gasteiger partial charge in [0.1, 0.15) is 23.5 Å². The SMILES string of the molecule is O=C(NCc1ccc(Cl)c(O)c1)c1cc(C(=O)N[C@H]2CCc3cc(-c4nn[nH]n4)ccc32)ncn1. The van der Waals surface area contributed by atoms with Crippen molar-refractivity contribution in [1.29, 1.82) is 0 Å². The van der Waals surface area contributed by atoms with Gasteiger partial charge in [-0.15, -0.1) is 10.2 Å². The van der Waals surface area contributed by atoms with Gasteiger partial charge in [0.15, 0.2) is 0 Å². The zero-order valence-corrected chi connectivity index (χ0v) is 19.0. The van der Waals surface area contributed by atoms with Gasteiger partial charge in [-0.3, -0.25) is 9.59 Å². The Bertz CT molecular complexity index is 1410. The highest BCUT2D eigenvalue weighted by molar-refractivity contribution is 6.32. The summed E-state index contributed by atoms with van der Waals surface area (Å²) in [7, 11) is 0.